The number of aryl methyl sites for hydroxylation is 1. The summed E-state index contributed by atoms with van der Waals surface area (Å²) in [6.07, 6.45) is 4.12. The quantitative estimate of drug-likeness (QED) is 0.700. The van der Waals surface area contributed by atoms with Crippen LogP contribution in [0, 0.1) is 0 Å². The summed E-state index contributed by atoms with van der Waals surface area (Å²) in [5, 5.41) is 0. The first-order valence-electron chi connectivity index (χ1n) is 5.85. The predicted molar refractivity (Wildman–Crippen MR) is 60.4 cm³/mol. The van der Waals surface area contributed by atoms with E-state index in [9.17, 15) is 4.79 Å². The molecule has 1 aliphatic rings. The monoisotopic (exact) mass is 237 g/mol. The fourth-order valence-electron chi connectivity index (χ4n) is 1.66. The SMILES string of the molecule is CCc1ccc[n+](OC(=O)N2CCOCC2)c1. The molecule has 0 bridgehead atoms. The zero-order chi connectivity index (χ0) is 12.1. The minimum atomic E-state index is -0.327. The summed E-state index contributed by atoms with van der Waals surface area (Å²) in [7, 11) is 0. The van der Waals surface area contributed by atoms with Crippen molar-refractivity contribution >= 4 is 6.09 Å². The first-order valence-corrected chi connectivity index (χ1v) is 5.85. The molecule has 0 saturated carbocycles. The molecule has 17 heavy (non-hydrogen) atoms. The maximum absolute atomic E-state index is 11.8. The Balaban J connectivity index is 1.96. The van der Waals surface area contributed by atoms with Crippen molar-refractivity contribution in [3.8, 4) is 0 Å². The maximum Gasteiger partial charge on any atom is 0.478 e. The number of carbonyl (C=O) groups is 1. The Bertz CT molecular complexity index is 389. The second-order valence-electron chi connectivity index (χ2n) is 3.88. The van der Waals surface area contributed by atoms with Crippen LogP contribution in [0.2, 0.25) is 0 Å². The van der Waals surface area contributed by atoms with E-state index in [4.69, 9.17) is 9.57 Å². The van der Waals surface area contributed by atoms with Gasteiger partial charge in [0.05, 0.1) is 13.2 Å². The normalized spacial score (nSPS) is 15.7. The van der Waals surface area contributed by atoms with Crippen molar-refractivity contribution in [1.82, 2.24) is 4.90 Å². The van der Waals surface area contributed by atoms with E-state index in [0.717, 1.165) is 12.0 Å². The molecule has 0 aliphatic carbocycles. The van der Waals surface area contributed by atoms with Crippen molar-refractivity contribution in [3.63, 3.8) is 0 Å². The molecule has 2 heterocycles. The van der Waals surface area contributed by atoms with Gasteiger partial charge in [0, 0.05) is 29.4 Å². The Labute approximate surface area is 101 Å². The van der Waals surface area contributed by atoms with Gasteiger partial charge in [0.15, 0.2) is 0 Å². The molecule has 1 fully saturated rings. The molecule has 92 valence electrons. The van der Waals surface area contributed by atoms with Crippen molar-refractivity contribution in [2.24, 2.45) is 0 Å². The summed E-state index contributed by atoms with van der Waals surface area (Å²) < 4.78 is 6.64. The summed E-state index contributed by atoms with van der Waals surface area (Å²) in [5.41, 5.74) is 1.13. The Hall–Kier alpha value is -1.62. The van der Waals surface area contributed by atoms with Gasteiger partial charge < -0.3 is 4.74 Å². The number of rotatable bonds is 2. The Morgan fingerprint density at radius 3 is 3.00 bits per heavy atom. The number of morpholine rings is 1. The first-order chi connectivity index (χ1) is 8.29. The van der Waals surface area contributed by atoms with E-state index in [0.29, 0.717) is 26.3 Å². The highest BCUT2D eigenvalue weighted by Crippen LogP contribution is 1.98. The van der Waals surface area contributed by atoms with Gasteiger partial charge in [-0.05, 0) is 12.5 Å². The smallest absolute Gasteiger partial charge is 0.378 e. The van der Waals surface area contributed by atoms with Crippen LogP contribution in [0.25, 0.3) is 0 Å². The summed E-state index contributed by atoms with van der Waals surface area (Å²) in [5.74, 6) is 0. The second-order valence-corrected chi connectivity index (χ2v) is 3.88. The standard InChI is InChI=1S/C12H17N2O3/c1-2-11-4-3-5-14(10-11)17-12(15)13-6-8-16-9-7-13/h3-5,10H,2,6-9H2,1H3/q+1. The van der Waals surface area contributed by atoms with E-state index in [1.54, 1.807) is 11.1 Å². The van der Waals surface area contributed by atoms with E-state index in [1.165, 1.54) is 4.73 Å². The predicted octanol–water partition coefficient (Wildman–Crippen LogP) is 0.417. The van der Waals surface area contributed by atoms with Gasteiger partial charge in [-0.15, -0.1) is 0 Å². The highest BCUT2D eigenvalue weighted by Gasteiger charge is 2.22. The molecule has 1 aliphatic heterocycles. The van der Waals surface area contributed by atoms with E-state index >= 15 is 0 Å². The van der Waals surface area contributed by atoms with Crippen molar-refractivity contribution < 1.29 is 19.1 Å². The summed E-state index contributed by atoms with van der Waals surface area (Å²) in [4.78, 5) is 18.7. The number of aromatic nitrogens is 1. The molecule has 1 amide bonds. The zero-order valence-electron chi connectivity index (χ0n) is 9.96. The lowest BCUT2D eigenvalue weighted by atomic mass is 10.2. The maximum atomic E-state index is 11.8. The number of amides is 1. The first kappa shape index (κ1) is 11.9. The molecule has 1 saturated heterocycles. The van der Waals surface area contributed by atoms with Crippen LogP contribution in [0.3, 0.4) is 0 Å². The van der Waals surface area contributed by atoms with Gasteiger partial charge in [0.25, 0.3) is 0 Å². The van der Waals surface area contributed by atoms with Gasteiger partial charge in [-0.1, -0.05) is 6.92 Å². The van der Waals surface area contributed by atoms with Crippen molar-refractivity contribution in [2.75, 3.05) is 26.3 Å². The van der Waals surface area contributed by atoms with Crippen LogP contribution in [0.1, 0.15) is 12.5 Å². The minimum absolute atomic E-state index is 0.327. The Kier molecular flexibility index (Phi) is 3.93. The molecular formula is C12H17N2O3+. The van der Waals surface area contributed by atoms with Crippen molar-refractivity contribution in [3.05, 3.63) is 30.1 Å². The van der Waals surface area contributed by atoms with Gasteiger partial charge in [0.2, 0.25) is 12.4 Å². The van der Waals surface area contributed by atoms with Gasteiger partial charge in [0.1, 0.15) is 0 Å². The van der Waals surface area contributed by atoms with Gasteiger partial charge in [-0.3, -0.25) is 4.90 Å². The van der Waals surface area contributed by atoms with Gasteiger partial charge >= 0.3 is 6.09 Å². The van der Waals surface area contributed by atoms with E-state index in [-0.39, 0.29) is 6.09 Å². The van der Waals surface area contributed by atoms with E-state index < -0.39 is 0 Å². The third-order valence-corrected chi connectivity index (χ3v) is 2.70. The molecule has 2 rings (SSSR count). The summed E-state index contributed by atoms with van der Waals surface area (Å²) in [6, 6.07) is 3.87. The van der Waals surface area contributed by atoms with Crippen molar-refractivity contribution in [2.45, 2.75) is 13.3 Å². The number of ether oxygens (including phenoxy) is 1. The van der Waals surface area contributed by atoms with Crippen molar-refractivity contribution in [1.29, 1.82) is 0 Å². The van der Waals surface area contributed by atoms with Crippen LogP contribution >= 0.6 is 0 Å². The Morgan fingerprint density at radius 2 is 2.29 bits per heavy atom. The van der Waals surface area contributed by atoms with Gasteiger partial charge in [-0.25, -0.2) is 4.79 Å². The number of hydrogen-bond acceptors (Lipinski definition) is 3. The van der Waals surface area contributed by atoms with Crippen LogP contribution in [0.4, 0.5) is 4.79 Å². The molecular weight excluding hydrogens is 220 g/mol. The molecule has 0 unspecified atom stereocenters. The van der Waals surface area contributed by atoms with E-state index in [1.807, 2.05) is 18.3 Å². The fraction of sp³-hybridized carbons (Fsp3) is 0.500. The third-order valence-electron chi connectivity index (χ3n) is 2.70. The lowest BCUT2D eigenvalue weighted by molar-refractivity contribution is -0.869. The van der Waals surface area contributed by atoms with Crippen LogP contribution in [0.5, 0.6) is 0 Å². The fourth-order valence-corrected chi connectivity index (χ4v) is 1.66. The molecule has 1 aromatic rings. The summed E-state index contributed by atoms with van der Waals surface area (Å²) in [6.45, 7) is 4.40. The third kappa shape index (κ3) is 3.17. The van der Waals surface area contributed by atoms with Crippen LogP contribution in [-0.4, -0.2) is 37.3 Å². The van der Waals surface area contributed by atoms with E-state index in [2.05, 4.69) is 6.92 Å². The lowest BCUT2D eigenvalue weighted by Crippen LogP contribution is -2.53. The van der Waals surface area contributed by atoms with Crippen LogP contribution in [-0.2, 0) is 11.2 Å². The number of carbonyl (C=O) groups excluding carboxylic acids is 1. The largest absolute Gasteiger partial charge is 0.478 e. The highest BCUT2D eigenvalue weighted by molar-refractivity contribution is 5.67. The highest BCUT2D eigenvalue weighted by atomic mass is 16.7. The minimum Gasteiger partial charge on any atom is -0.378 e. The average molecular weight is 237 g/mol. The summed E-state index contributed by atoms with van der Waals surface area (Å²) >= 11 is 0. The Morgan fingerprint density at radius 1 is 1.53 bits per heavy atom. The molecule has 0 radical (unpaired) electrons. The molecule has 0 atom stereocenters. The number of pyridine rings is 1. The zero-order valence-corrected chi connectivity index (χ0v) is 9.96. The van der Waals surface area contributed by atoms with Crippen LogP contribution in [0.15, 0.2) is 24.5 Å². The topological polar surface area (TPSA) is 42.7 Å². The lowest BCUT2D eigenvalue weighted by Gasteiger charge is -2.23. The number of nitrogens with zero attached hydrogens (tertiary/aromatic N) is 2. The second kappa shape index (κ2) is 5.63. The molecule has 0 aromatic carbocycles. The molecule has 5 nitrogen and oxygen atoms in total. The number of hydrogen-bond donors (Lipinski definition) is 0. The molecule has 1 aromatic heterocycles. The average Bonchev–Trinajstić information content (AvgIpc) is 2.40. The van der Waals surface area contributed by atoms with Crippen LogP contribution < -0.4 is 9.57 Å². The molecule has 5 heteroatoms. The molecule has 0 N–H and O–H groups in total. The van der Waals surface area contributed by atoms with Gasteiger partial charge in [-0.2, -0.15) is 4.84 Å². The molecule has 0 spiro atoms.